The molecule has 0 spiro atoms. The molecule has 4 rings (SSSR count). The molecule has 7 nitrogen and oxygen atoms in total. The lowest BCUT2D eigenvalue weighted by Crippen LogP contribution is -2.12. The van der Waals surface area contributed by atoms with Gasteiger partial charge in [-0.25, -0.2) is 15.0 Å². The van der Waals surface area contributed by atoms with Crippen LogP contribution in [0.1, 0.15) is 32.9 Å². The average Bonchev–Trinajstić information content (AvgIpc) is 2.74. The number of anilines is 2. The Kier molecular flexibility index (Phi) is 5.48. The molecule has 3 N–H and O–H groups in total. The Morgan fingerprint density at radius 1 is 1.06 bits per heavy atom. The van der Waals surface area contributed by atoms with Gasteiger partial charge in [-0.1, -0.05) is 29.5 Å². The Labute approximate surface area is 183 Å². The van der Waals surface area contributed by atoms with E-state index in [1.54, 1.807) is 42.7 Å². The number of carbonyl (C=O) groups is 1. The number of carbonyl (C=O) groups excluding carboxylic acids is 1. The highest BCUT2D eigenvalue weighted by Crippen LogP contribution is 2.20. The van der Waals surface area contributed by atoms with Crippen molar-refractivity contribution in [1.82, 2.24) is 19.9 Å². The molecule has 0 aliphatic carbocycles. The van der Waals surface area contributed by atoms with Crippen LogP contribution in [0, 0.1) is 25.7 Å². The van der Waals surface area contributed by atoms with Gasteiger partial charge in [0, 0.05) is 28.7 Å². The molecule has 1 aromatic carbocycles. The predicted molar refractivity (Wildman–Crippen MR) is 121 cm³/mol. The van der Waals surface area contributed by atoms with Crippen LogP contribution in [0.4, 0.5) is 11.5 Å². The maximum atomic E-state index is 12.6. The zero-order valence-corrected chi connectivity index (χ0v) is 17.5. The standard InChI is InChI=1S/C23H17ClN6O/c1-13-14(2)29-21-19(22(25)27-12-20(21)28-13)7-6-15-8-16(11-26-10-15)23(31)30-18-5-3-4-17(24)9-18/h3-5,8-12H,1-2H3,(H2,25,27)(H,30,31). The predicted octanol–water partition coefficient (Wildman–Crippen LogP) is 3.92. The van der Waals surface area contributed by atoms with Gasteiger partial charge >= 0.3 is 0 Å². The van der Waals surface area contributed by atoms with Crippen LogP contribution in [0.3, 0.4) is 0 Å². The van der Waals surface area contributed by atoms with Crippen LogP contribution in [0.2, 0.25) is 5.02 Å². The number of nitrogens with one attached hydrogen (secondary N) is 1. The summed E-state index contributed by atoms with van der Waals surface area (Å²) in [6.45, 7) is 3.76. The van der Waals surface area contributed by atoms with E-state index in [2.05, 4.69) is 37.1 Å². The normalized spacial score (nSPS) is 10.4. The van der Waals surface area contributed by atoms with E-state index in [9.17, 15) is 4.79 Å². The third kappa shape index (κ3) is 4.44. The van der Waals surface area contributed by atoms with E-state index >= 15 is 0 Å². The summed E-state index contributed by atoms with van der Waals surface area (Å²) in [7, 11) is 0. The Morgan fingerprint density at radius 3 is 2.68 bits per heavy atom. The van der Waals surface area contributed by atoms with E-state index in [1.165, 1.54) is 6.20 Å². The van der Waals surface area contributed by atoms with E-state index in [1.807, 2.05) is 13.8 Å². The maximum absolute atomic E-state index is 12.6. The summed E-state index contributed by atoms with van der Waals surface area (Å²) in [5.41, 5.74) is 10.9. The number of pyridine rings is 2. The van der Waals surface area contributed by atoms with Crippen molar-refractivity contribution in [1.29, 1.82) is 0 Å². The van der Waals surface area contributed by atoms with Gasteiger partial charge in [-0.05, 0) is 38.1 Å². The lowest BCUT2D eigenvalue weighted by atomic mass is 10.1. The van der Waals surface area contributed by atoms with E-state index in [-0.39, 0.29) is 11.7 Å². The second kappa shape index (κ2) is 8.38. The molecule has 4 aromatic rings. The molecule has 0 saturated heterocycles. The van der Waals surface area contributed by atoms with Crippen LogP contribution >= 0.6 is 11.6 Å². The van der Waals surface area contributed by atoms with Crippen molar-refractivity contribution in [2.45, 2.75) is 13.8 Å². The van der Waals surface area contributed by atoms with Crippen LogP contribution in [0.15, 0.2) is 48.9 Å². The van der Waals surface area contributed by atoms with Crippen molar-refractivity contribution in [3.8, 4) is 11.8 Å². The van der Waals surface area contributed by atoms with Gasteiger partial charge in [0.1, 0.15) is 16.9 Å². The molecule has 0 bridgehead atoms. The van der Waals surface area contributed by atoms with E-state index in [4.69, 9.17) is 17.3 Å². The highest BCUT2D eigenvalue weighted by atomic mass is 35.5. The van der Waals surface area contributed by atoms with Gasteiger partial charge in [0.25, 0.3) is 5.91 Å². The number of hydrogen-bond acceptors (Lipinski definition) is 6. The average molecular weight is 429 g/mol. The number of aromatic nitrogens is 4. The van der Waals surface area contributed by atoms with Crippen molar-refractivity contribution in [3.05, 3.63) is 82.0 Å². The number of amides is 1. The maximum Gasteiger partial charge on any atom is 0.257 e. The first-order valence-corrected chi connectivity index (χ1v) is 9.72. The largest absolute Gasteiger partial charge is 0.383 e. The van der Waals surface area contributed by atoms with Gasteiger partial charge in [-0.15, -0.1) is 0 Å². The third-order valence-electron chi connectivity index (χ3n) is 4.57. The number of nitrogens with two attached hydrogens (primary N) is 1. The molecular weight excluding hydrogens is 412 g/mol. The van der Waals surface area contributed by atoms with Crippen molar-refractivity contribution < 1.29 is 4.79 Å². The van der Waals surface area contributed by atoms with Gasteiger partial charge in [-0.3, -0.25) is 9.78 Å². The highest BCUT2D eigenvalue weighted by Gasteiger charge is 2.10. The lowest BCUT2D eigenvalue weighted by molar-refractivity contribution is 0.102. The SMILES string of the molecule is Cc1nc2cnc(N)c(C#Cc3cncc(C(=O)Nc4cccc(Cl)c4)c3)c2nc1C. The van der Waals surface area contributed by atoms with E-state index < -0.39 is 0 Å². The van der Waals surface area contributed by atoms with Crippen LogP contribution in [0.25, 0.3) is 11.0 Å². The first-order chi connectivity index (χ1) is 14.9. The Hall–Kier alpha value is -4.02. The summed E-state index contributed by atoms with van der Waals surface area (Å²) in [4.78, 5) is 29.9. The number of rotatable bonds is 2. The summed E-state index contributed by atoms with van der Waals surface area (Å²) in [6, 6.07) is 8.55. The molecule has 0 atom stereocenters. The summed E-state index contributed by atoms with van der Waals surface area (Å²) in [5.74, 6) is 5.95. The van der Waals surface area contributed by atoms with Crippen LogP contribution < -0.4 is 11.1 Å². The smallest absolute Gasteiger partial charge is 0.257 e. The lowest BCUT2D eigenvalue weighted by Gasteiger charge is -2.06. The molecule has 152 valence electrons. The first-order valence-electron chi connectivity index (χ1n) is 9.34. The molecular formula is C23H17ClN6O. The van der Waals surface area contributed by atoms with Crippen molar-refractivity contribution in [2.75, 3.05) is 11.1 Å². The van der Waals surface area contributed by atoms with Gasteiger partial charge < -0.3 is 11.1 Å². The molecule has 3 heterocycles. The third-order valence-corrected chi connectivity index (χ3v) is 4.80. The summed E-state index contributed by atoms with van der Waals surface area (Å²) >= 11 is 5.96. The molecule has 0 saturated carbocycles. The van der Waals surface area contributed by atoms with Crippen molar-refractivity contribution >= 4 is 40.0 Å². The summed E-state index contributed by atoms with van der Waals surface area (Å²) in [5, 5.41) is 3.32. The number of nitrogen functional groups attached to an aromatic ring is 1. The fourth-order valence-electron chi connectivity index (χ4n) is 2.87. The molecule has 1 amide bonds. The Morgan fingerprint density at radius 2 is 1.87 bits per heavy atom. The number of nitrogens with zero attached hydrogens (tertiary/aromatic N) is 4. The first kappa shape index (κ1) is 20.3. The zero-order chi connectivity index (χ0) is 22.0. The minimum Gasteiger partial charge on any atom is -0.383 e. The molecule has 31 heavy (non-hydrogen) atoms. The summed E-state index contributed by atoms with van der Waals surface area (Å²) in [6.07, 6.45) is 4.62. The van der Waals surface area contributed by atoms with Gasteiger partial charge in [0.2, 0.25) is 0 Å². The highest BCUT2D eigenvalue weighted by molar-refractivity contribution is 6.31. The fourth-order valence-corrected chi connectivity index (χ4v) is 3.06. The van der Waals surface area contributed by atoms with E-state index in [0.29, 0.717) is 38.4 Å². The number of benzene rings is 1. The molecule has 0 unspecified atom stereocenters. The zero-order valence-electron chi connectivity index (χ0n) is 16.8. The minimum atomic E-state index is -0.318. The molecule has 8 heteroatoms. The molecule has 0 fully saturated rings. The van der Waals surface area contributed by atoms with Crippen molar-refractivity contribution in [3.63, 3.8) is 0 Å². The van der Waals surface area contributed by atoms with Gasteiger partial charge in [0.15, 0.2) is 0 Å². The molecule has 0 radical (unpaired) electrons. The van der Waals surface area contributed by atoms with Gasteiger partial charge in [-0.2, -0.15) is 0 Å². The Balaban J connectivity index is 1.66. The Bertz CT molecular complexity index is 1390. The van der Waals surface area contributed by atoms with Crippen LogP contribution in [0.5, 0.6) is 0 Å². The number of aryl methyl sites for hydroxylation is 2. The number of fused-ring (bicyclic) bond motifs is 1. The number of halogens is 1. The molecule has 0 aliphatic heterocycles. The quantitative estimate of drug-likeness (QED) is 0.468. The van der Waals surface area contributed by atoms with Crippen molar-refractivity contribution in [2.24, 2.45) is 0 Å². The second-order valence-electron chi connectivity index (χ2n) is 6.82. The van der Waals surface area contributed by atoms with Crippen LogP contribution in [-0.4, -0.2) is 25.8 Å². The molecule has 3 aromatic heterocycles. The minimum absolute atomic E-state index is 0.264. The second-order valence-corrected chi connectivity index (χ2v) is 7.26. The monoisotopic (exact) mass is 428 g/mol. The van der Waals surface area contributed by atoms with Crippen LogP contribution in [-0.2, 0) is 0 Å². The topological polar surface area (TPSA) is 107 Å². The number of hydrogen-bond donors (Lipinski definition) is 2. The fraction of sp³-hybridized carbons (Fsp3) is 0.0870. The van der Waals surface area contributed by atoms with E-state index in [0.717, 1.165) is 11.4 Å². The van der Waals surface area contributed by atoms with Gasteiger partial charge in [0.05, 0.1) is 28.7 Å². The summed E-state index contributed by atoms with van der Waals surface area (Å²) < 4.78 is 0. The molecule has 0 aliphatic rings.